The van der Waals surface area contributed by atoms with Gasteiger partial charge in [0.25, 0.3) is 0 Å². The maximum Gasteiger partial charge on any atom is 0.314 e. The standard InChI is InChI=1S/C6H8O3.HNO2/c7-5-3-1-2-4(5)6(8)9;2-1-3/h4H,1-3H2,(H,8,9);(H,2,3). The maximum absolute atomic E-state index is 10.6. The highest BCUT2D eigenvalue weighted by atomic mass is 16.6. The number of Topliss-reactive ketones (excluding diaryl/α,β-unsaturated/α-hetero) is 1. The Morgan fingerprint density at radius 2 is 2.08 bits per heavy atom. The summed E-state index contributed by atoms with van der Waals surface area (Å²) in [6, 6.07) is 0. The van der Waals surface area contributed by atoms with E-state index in [-0.39, 0.29) is 5.78 Å². The van der Waals surface area contributed by atoms with Crippen molar-refractivity contribution >= 4 is 11.8 Å². The molecular weight excluding hydrogens is 166 g/mol. The third-order valence-electron chi connectivity index (χ3n) is 1.60. The molecule has 1 fully saturated rings. The molecule has 0 radical (unpaired) electrons. The number of carbonyl (C=O) groups is 2. The van der Waals surface area contributed by atoms with Crippen molar-refractivity contribution in [3.8, 4) is 0 Å². The molecule has 1 atom stereocenters. The summed E-state index contributed by atoms with van der Waals surface area (Å²) < 4.78 is 0. The zero-order chi connectivity index (χ0) is 9.56. The van der Waals surface area contributed by atoms with Crippen LogP contribution in [0, 0.1) is 10.8 Å². The minimum Gasteiger partial charge on any atom is -0.481 e. The molecule has 2 N–H and O–H groups in total. The molecule has 0 aromatic carbocycles. The van der Waals surface area contributed by atoms with Gasteiger partial charge in [0, 0.05) is 6.42 Å². The van der Waals surface area contributed by atoms with Gasteiger partial charge in [-0.25, -0.2) is 0 Å². The van der Waals surface area contributed by atoms with Gasteiger partial charge in [-0.15, -0.1) is 4.91 Å². The first-order valence-electron chi connectivity index (χ1n) is 3.35. The molecule has 12 heavy (non-hydrogen) atoms. The fraction of sp³-hybridized carbons (Fsp3) is 0.667. The van der Waals surface area contributed by atoms with E-state index in [0.717, 1.165) is 6.42 Å². The third kappa shape index (κ3) is 3.09. The highest BCUT2D eigenvalue weighted by Gasteiger charge is 2.30. The zero-order valence-electron chi connectivity index (χ0n) is 6.27. The minimum atomic E-state index is -0.961. The van der Waals surface area contributed by atoms with Crippen molar-refractivity contribution < 1.29 is 19.9 Å². The summed E-state index contributed by atoms with van der Waals surface area (Å²) in [5.74, 6) is -1.76. The van der Waals surface area contributed by atoms with Crippen molar-refractivity contribution in [1.82, 2.24) is 0 Å². The number of hydrogen-bond donors (Lipinski definition) is 2. The summed E-state index contributed by atoms with van der Waals surface area (Å²) in [7, 11) is 0. The molecule has 0 spiro atoms. The van der Waals surface area contributed by atoms with Crippen LogP contribution in [0.4, 0.5) is 0 Å². The molecule has 68 valence electrons. The van der Waals surface area contributed by atoms with Crippen molar-refractivity contribution in [1.29, 1.82) is 0 Å². The minimum absolute atomic E-state index is 0.109. The molecule has 1 rings (SSSR count). The Morgan fingerprint density at radius 3 is 2.25 bits per heavy atom. The number of hydrogen-bond acceptors (Lipinski definition) is 4. The highest BCUT2D eigenvalue weighted by molar-refractivity contribution is 5.99. The Bertz CT molecular complexity index is 190. The Balaban J connectivity index is 0.000000354. The van der Waals surface area contributed by atoms with E-state index in [1.807, 2.05) is 0 Å². The van der Waals surface area contributed by atoms with Crippen LogP contribution >= 0.6 is 0 Å². The molecule has 0 amide bonds. The van der Waals surface area contributed by atoms with Crippen LogP contribution in [0.1, 0.15) is 19.3 Å². The van der Waals surface area contributed by atoms with E-state index in [4.69, 9.17) is 15.2 Å². The quantitative estimate of drug-likeness (QED) is 0.344. The number of nitrogens with zero attached hydrogens (tertiary/aromatic N) is 1. The number of carbonyl (C=O) groups excluding carboxylic acids is 1. The van der Waals surface area contributed by atoms with E-state index in [0.29, 0.717) is 12.8 Å². The van der Waals surface area contributed by atoms with E-state index < -0.39 is 11.9 Å². The predicted molar refractivity (Wildman–Crippen MR) is 37.6 cm³/mol. The number of rotatable bonds is 1. The molecule has 1 saturated carbocycles. The second kappa shape index (κ2) is 5.22. The highest BCUT2D eigenvalue weighted by Crippen LogP contribution is 2.20. The van der Waals surface area contributed by atoms with Crippen LogP contribution in [0.15, 0.2) is 5.34 Å². The average molecular weight is 175 g/mol. The molecule has 1 aliphatic rings. The van der Waals surface area contributed by atoms with Gasteiger partial charge in [0.05, 0.1) is 0 Å². The second-order valence-corrected chi connectivity index (χ2v) is 2.33. The molecule has 0 heterocycles. The van der Waals surface area contributed by atoms with Gasteiger partial charge in [0.15, 0.2) is 5.34 Å². The average Bonchev–Trinajstić information content (AvgIpc) is 2.36. The van der Waals surface area contributed by atoms with E-state index in [1.54, 1.807) is 0 Å². The summed E-state index contributed by atoms with van der Waals surface area (Å²) in [6.45, 7) is 0. The summed E-state index contributed by atoms with van der Waals surface area (Å²) in [4.78, 5) is 28.9. The molecule has 6 heteroatoms. The number of aliphatic carboxylic acids is 1. The predicted octanol–water partition coefficient (Wildman–Crippen LogP) is 0.582. The summed E-state index contributed by atoms with van der Waals surface area (Å²) in [5, 5.41) is 16.3. The lowest BCUT2D eigenvalue weighted by atomic mass is 10.1. The van der Waals surface area contributed by atoms with Gasteiger partial charge in [0.1, 0.15) is 11.7 Å². The summed E-state index contributed by atoms with van der Waals surface area (Å²) >= 11 is 0. The van der Waals surface area contributed by atoms with Gasteiger partial charge in [-0.2, -0.15) is 0 Å². The first-order valence-corrected chi connectivity index (χ1v) is 3.35. The normalized spacial score (nSPS) is 21.0. The van der Waals surface area contributed by atoms with Crippen molar-refractivity contribution in [3.63, 3.8) is 0 Å². The zero-order valence-corrected chi connectivity index (χ0v) is 6.27. The van der Waals surface area contributed by atoms with Crippen molar-refractivity contribution in [2.75, 3.05) is 0 Å². The Labute approximate surface area is 68.1 Å². The molecule has 0 saturated heterocycles. The lowest BCUT2D eigenvalue weighted by molar-refractivity contribution is -0.144. The first kappa shape index (κ1) is 10.5. The van der Waals surface area contributed by atoms with Crippen LogP contribution in [0.5, 0.6) is 0 Å². The van der Waals surface area contributed by atoms with Crippen molar-refractivity contribution in [2.45, 2.75) is 19.3 Å². The third-order valence-corrected chi connectivity index (χ3v) is 1.60. The molecule has 0 bridgehead atoms. The molecule has 0 aromatic heterocycles. The van der Waals surface area contributed by atoms with Crippen LogP contribution in [0.3, 0.4) is 0 Å². The molecule has 6 nitrogen and oxygen atoms in total. The van der Waals surface area contributed by atoms with Gasteiger partial charge >= 0.3 is 5.97 Å². The second-order valence-electron chi connectivity index (χ2n) is 2.33. The van der Waals surface area contributed by atoms with E-state index in [9.17, 15) is 9.59 Å². The fourth-order valence-electron chi connectivity index (χ4n) is 1.08. The van der Waals surface area contributed by atoms with Crippen molar-refractivity contribution in [2.24, 2.45) is 11.3 Å². The summed E-state index contributed by atoms with van der Waals surface area (Å²) in [5.41, 5.74) is 0. The van der Waals surface area contributed by atoms with Crippen LogP contribution < -0.4 is 0 Å². The van der Waals surface area contributed by atoms with Crippen molar-refractivity contribution in [3.05, 3.63) is 4.91 Å². The van der Waals surface area contributed by atoms with Gasteiger partial charge < -0.3 is 10.3 Å². The largest absolute Gasteiger partial charge is 0.481 e. The SMILES string of the molecule is O=C(O)C1CCCC1=O.O=NO. The molecule has 1 aliphatic carbocycles. The van der Waals surface area contributed by atoms with Crippen LogP contribution in [-0.2, 0) is 9.59 Å². The van der Waals surface area contributed by atoms with E-state index in [2.05, 4.69) is 0 Å². The smallest absolute Gasteiger partial charge is 0.314 e. The Hall–Kier alpha value is -1.46. The van der Waals surface area contributed by atoms with Gasteiger partial charge in [0.2, 0.25) is 0 Å². The van der Waals surface area contributed by atoms with Crippen LogP contribution in [-0.4, -0.2) is 22.1 Å². The number of carboxylic acids is 1. The molecule has 1 unspecified atom stereocenters. The fourth-order valence-corrected chi connectivity index (χ4v) is 1.08. The van der Waals surface area contributed by atoms with Gasteiger partial charge in [-0.1, -0.05) is 0 Å². The van der Waals surface area contributed by atoms with Gasteiger partial charge in [-0.3, -0.25) is 9.59 Å². The monoisotopic (exact) mass is 175 g/mol. The van der Waals surface area contributed by atoms with E-state index >= 15 is 0 Å². The topological polar surface area (TPSA) is 104 Å². The molecule has 0 aliphatic heterocycles. The lowest BCUT2D eigenvalue weighted by Gasteiger charge is -1.96. The van der Waals surface area contributed by atoms with Gasteiger partial charge in [-0.05, 0) is 12.8 Å². The summed E-state index contributed by atoms with van der Waals surface area (Å²) in [6.07, 6.45) is 1.74. The molecule has 0 aromatic rings. The van der Waals surface area contributed by atoms with Crippen LogP contribution in [0.2, 0.25) is 0 Å². The maximum atomic E-state index is 10.6. The van der Waals surface area contributed by atoms with E-state index in [1.165, 1.54) is 5.34 Å². The Kier molecular flexibility index (Phi) is 4.59. The first-order chi connectivity index (χ1) is 5.63. The lowest BCUT2D eigenvalue weighted by Crippen LogP contribution is -2.17. The van der Waals surface area contributed by atoms with Crippen LogP contribution in [0.25, 0.3) is 0 Å². The number of carboxylic acid groups (broad SMARTS) is 1. The number of ketones is 1. The molecular formula is C6H9NO5. The Morgan fingerprint density at radius 1 is 1.58 bits per heavy atom.